The van der Waals surface area contributed by atoms with Crippen molar-refractivity contribution >= 4 is 11.9 Å². The highest BCUT2D eigenvalue weighted by atomic mass is 19.4. The molecule has 0 heterocycles. The van der Waals surface area contributed by atoms with Crippen LogP contribution < -0.4 is 10.1 Å². The molecule has 1 rings (SSSR count). The van der Waals surface area contributed by atoms with E-state index in [1.165, 1.54) is 12.8 Å². The Hall–Kier alpha value is -2.09. The summed E-state index contributed by atoms with van der Waals surface area (Å²) in [5, 5.41) is 2.93. The van der Waals surface area contributed by atoms with Gasteiger partial charge in [-0.1, -0.05) is 38.3 Å². The van der Waals surface area contributed by atoms with Gasteiger partial charge in [-0.25, -0.2) is 4.79 Å². The van der Waals surface area contributed by atoms with Crippen molar-refractivity contribution in [3.63, 3.8) is 0 Å². The lowest BCUT2D eigenvalue weighted by Crippen LogP contribution is -2.29. The Balaban J connectivity index is 2.20. The molecule has 152 valence electrons. The van der Waals surface area contributed by atoms with Crippen molar-refractivity contribution in [1.29, 1.82) is 0 Å². The van der Waals surface area contributed by atoms with E-state index in [0.29, 0.717) is 19.6 Å². The van der Waals surface area contributed by atoms with Crippen LogP contribution in [0.25, 0.3) is 0 Å². The molecule has 0 saturated carbocycles. The number of alkyl halides is 3. The normalized spacial score (nSPS) is 11.3. The second-order valence-electron chi connectivity index (χ2n) is 6.07. The van der Waals surface area contributed by atoms with E-state index in [4.69, 9.17) is 4.74 Å². The molecule has 0 amide bonds. The molecular weight excluding hydrogens is 363 g/mol. The van der Waals surface area contributed by atoms with Crippen LogP contribution in [0.2, 0.25) is 0 Å². The Morgan fingerprint density at radius 1 is 1.11 bits per heavy atom. The van der Waals surface area contributed by atoms with Crippen LogP contribution in [0.4, 0.5) is 13.2 Å². The maximum absolute atomic E-state index is 12.0. The number of benzene rings is 1. The number of hydrogen-bond donors (Lipinski definition) is 1. The SMILES string of the molecule is CCCCCCOc1cccc(CCNCCC(=O)OC(=O)C(F)(F)F)c1. The average molecular weight is 389 g/mol. The van der Waals surface area contributed by atoms with Crippen LogP contribution in [-0.4, -0.2) is 37.8 Å². The van der Waals surface area contributed by atoms with Crippen LogP contribution in [0.15, 0.2) is 24.3 Å². The third-order valence-electron chi connectivity index (χ3n) is 3.70. The summed E-state index contributed by atoms with van der Waals surface area (Å²) in [5.74, 6) is -2.89. The molecule has 1 N–H and O–H groups in total. The third kappa shape index (κ3) is 10.6. The summed E-state index contributed by atoms with van der Waals surface area (Å²) in [6.07, 6.45) is -0.256. The zero-order valence-corrected chi connectivity index (χ0v) is 15.4. The smallest absolute Gasteiger partial charge is 0.491 e. The van der Waals surface area contributed by atoms with Gasteiger partial charge in [-0.15, -0.1) is 0 Å². The lowest BCUT2D eigenvalue weighted by Gasteiger charge is -2.09. The zero-order valence-electron chi connectivity index (χ0n) is 15.4. The van der Waals surface area contributed by atoms with Gasteiger partial charge in [0.05, 0.1) is 13.0 Å². The number of esters is 2. The molecule has 0 aliphatic carbocycles. The van der Waals surface area contributed by atoms with Crippen molar-refractivity contribution in [2.24, 2.45) is 0 Å². The van der Waals surface area contributed by atoms with Crippen LogP contribution in [0.5, 0.6) is 5.75 Å². The van der Waals surface area contributed by atoms with Gasteiger partial charge in [0.1, 0.15) is 5.75 Å². The number of halogens is 3. The van der Waals surface area contributed by atoms with Gasteiger partial charge in [-0.3, -0.25) is 4.79 Å². The summed E-state index contributed by atoms with van der Waals surface area (Å²) in [4.78, 5) is 21.7. The predicted octanol–water partition coefficient (Wildman–Crippen LogP) is 3.80. The monoisotopic (exact) mass is 389 g/mol. The molecule has 0 spiro atoms. The summed E-state index contributed by atoms with van der Waals surface area (Å²) >= 11 is 0. The first-order valence-corrected chi connectivity index (χ1v) is 9.07. The summed E-state index contributed by atoms with van der Waals surface area (Å²) in [5.41, 5.74) is 1.04. The maximum atomic E-state index is 12.0. The molecular formula is C19H26F3NO4. The topological polar surface area (TPSA) is 64.6 Å². The van der Waals surface area contributed by atoms with Gasteiger partial charge < -0.3 is 14.8 Å². The minimum absolute atomic E-state index is 0.123. The second-order valence-corrected chi connectivity index (χ2v) is 6.07. The molecule has 8 heteroatoms. The van der Waals surface area contributed by atoms with E-state index >= 15 is 0 Å². The van der Waals surface area contributed by atoms with Crippen LogP contribution >= 0.6 is 0 Å². The van der Waals surface area contributed by atoms with E-state index in [1.54, 1.807) is 0 Å². The molecule has 0 aliphatic heterocycles. The number of rotatable bonds is 12. The summed E-state index contributed by atoms with van der Waals surface area (Å²) in [6, 6.07) is 7.68. The maximum Gasteiger partial charge on any atom is 0.491 e. The van der Waals surface area contributed by atoms with Crippen LogP contribution in [0, 0.1) is 0 Å². The van der Waals surface area contributed by atoms with Gasteiger partial charge >= 0.3 is 18.1 Å². The van der Waals surface area contributed by atoms with Crippen LogP contribution in [-0.2, 0) is 20.7 Å². The predicted molar refractivity (Wildman–Crippen MR) is 94.4 cm³/mol. The van der Waals surface area contributed by atoms with Crippen molar-refractivity contribution in [3.8, 4) is 5.75 Å². The molecule has 1 aromatic carbocycles. The Kier molecular flexibility index (Phi) is 10.5. The number of hydrogen-bond acceptors (Lipinski definition) is 5. The van der Waals surface area contributed by atoms with Gasteiger partial charge in [0.15, 0.2) is 0 Å². The molecule has 0 unspecified atom stereocenters. The third-order valence-corrected chi connectivity index (χ3v) is 3.70. The molecule has 0 radical (unpaired) electrons. The first-order valence-electron chi connectivity index (χ1n) is 9.07. The fourth-order valence-corrected chi connectivity index (χ4v) is 2.27. The Morgan fingerprint density at radius 3 is 2.59 bits per heavy atom. The molecule has 0 saturated heterocycles. The molecule has 27 heavy (non-hydrogen) atoms. The molecule has 0 fully saturated rings. The van der Waals surface area contributed by atoms with E-state index in [2.05, 4.69) is 17.0 Å². The van der Waals surface area contributed by atoms with Crippen molar-refractivity contribution in [1.82, 2.24) is 5.32 Å². The Bertz CT molecular complexity index is 591. The van der Waals surface area contributed by atoms with E-state index in [1.807, 2.05) is 24.3 Å². The lowest BCUT2D eigenvalue weighted by molar-refractivity contribution is -0.201. The van der Waals surface area contributed by atoms with E-state index in [0.717, 1.165) is 24.2 Å². The standard InChI is InChI=1S/C19H26F3NO4/c1-2-3-4-5-13-26-16-8-6-7-15(14-16)9-11-23-12-10-17(24)27-18(25)19(20,21)22/h6-8,14,23H,2-5,9-13H2,1H3. The minimum Gasteiger partial charge on any atom is -0.494 e. The second kappa shape index (κ2) is 12.3. The van der Waals surface area contributed by atoms with Crippen LogP contribution in [0.1, 0.15) is 44.6 Å². The fraction of sp³-hybridized carbons (Fsp3) is 0.579. The first-order chi connectivity index (χ1) is 12.8. The molecule has 1 aromatic rings. The number of nitrogens with one attached hydrogen (secondary N) is 1. The average Bonchev–Trinajstić information content (AvgIpc) is 2.61. The molecule has 0 atom stereocenters. The molecule has 0 aromatic heterocycles. The minimum atomic E-state index is -5.16. The lowest BCUT2D eigenvalue weighted by atomic mass is 10.1. The van der Waals surface area contributed by atoms with Crippen molar-refractivity contribution in [2.45, 2.75) is 51.6 Å². The molecule has 0 bridgehead atoms. The zero-order chi connectivity index (χ0) is 20.1. The van der Waals surface area contributed by atoms with Crippen molar-refractivity contribution in [3.05, 3.63) is 29.8 Å². The Morgan fingerprint density at radius 2 is 1.89 bits per heavy atom. The molecule has 5 nitrogen and oxygen atoms in total. The highest BCUT2D eigenvalue weighted by Gasteiger charge is 2.42. The fourth-order valence-electron chi connectivity index (χ4n) is 2.27. The first kappa shape index (κ1) is 23.0. The number of carbonyl (C=O) groups is 2. The number of ether oxygens (including phenoxy) is 2. The van der Waals surface area contributed by atoms with Gasteiger partial charge in [0.2, 0.25) is 0 Å². The van der Waals surface area contributed by atoms with Gasteiger partial charge in [-0.05, 0) is 37.1 Å². The summed E-state index contributed by atoms with van der Waals surface area (Å²) < 4.78 is 45.3. The Labute approximate surface area is 157 Å². The van der Waals surface area contributed by atoms with Gasteiger partial charge in [-0.2, -0.15) is 13.2 Å². The van der Waals surface area contributed by atoms with Crippen molar-refractivity contribution < 1.29 is 32.2 Å². The largest absolute Gasteiger partial charge is 0.494 e. The highest BCUT2D eigenvalue weighted by Crippen LogP contribution is 2.17. The number of carbonyl (C=O) groups excluding carboxylic acids is 2. The summed E-state index contributed by atoms with van der Waals surface area (Å²) in [7, 11) is 0. The van der Waals surface area contributed by atoms with Crippen LogP contribution in [0.3, 0.4) is 0 Å². The van der Waals surface area contributed by atoms with Gasteiger partial charge in [0, 0.05) is 6.54 Å². The van der Waals surface area contributed by atoms with E-state index in [9.17, 15) is 22.8 Å². The van der Waals surface area contributed by atoms with Crippen molar-refractivity contribution in [2.75, 3.05) is 19.7 Å². The summed E-state index contributed by atoms with van der Waals surface area (Å²) in [6.45, 7) is 3.49. The molecule has 0 aliphatic rings. The number of unbranched alkanes of at least 4 members (excludes halogenated alkanes) is 3. The van der Waals surface area contributed by atoms with E-state index in [-0.39, 0.29) is 13.0 Å². The van der Waals surface area contributed by atoms with Gasteiger partial charge in [0.25, 0.3) is 0 Å². The van der Waals surface area contributed by atoms with E-state index < -0.39 is 18.1 Å². The highest BCUT2D eigenvalue weighted by molar-refractivity contribution is 5.88. The quantitative estimate of drug-likeness (QED) is 0.335.